The van der Waals surface area contributed by atoms with E-state index in [1.165, 1.54) is 17.9 Å². The van der Waals surface area contributed by atoms with Crippen LogP contribution in [0, 0.1) is 11.8 Å². The number of hydrogen-bond donors (Lipinski definition) is 1. The van der Waals surface area contributed by atoms with E-state index in [1.807, 2.05) is 48.6 Å². The predicted octanol–water partition coefficient (Wildman–Crippen LogP) is 6.82. The molecule has 1 fully saturated rings. The molecule has 33 heavy (non-hydrogen) atoms. The van der Waals surface area contributed by atoms with Crippen LogP contribution >= 0.6 is 23.5 Å². The molecule has 3 aromatic carbocycles. The van der Waals surface area contributed by atoms with Gasteiger partial charge >= 0.3 is 0 Å². The molecule has 1 N–H and O–H groups in total. The first-order valence-electron chi connectivity index (χ1n) is 11.8. The highest BCUT2D eigenvalue weighted by atomic mass is 32.2. The lowest BCUT2D eigenvalue weighted by molar-refractivity contribution is -0.0280. The first-order valence-corrected chi connectivity index (χ1v) is 13.9. The molecule has 0 amide bonds. The summed E-state index contributed by atoms with van der Waals surface area (Å²) >= 11 is 4.00. The fraction of sp³-hybridized carbons (Fsp3) is 0.379. The fourth-order valence-electron chi connectivity index (χ4n) is 4.84. The molecule has 3 atom stereocenters. The molecule has 0 radical (unpaired) electrons. The molecule has 0 saturated carbocycles. The van der Waals surface area contributed by atoms with E-state index >= 15 is 0 Å². The van der Waals surface area contributed by atoms with Crippen molar-refractivity contribution in [3.63, 3.8) is 0 Å². The minimum Gasteiger partial charge on any atom is -0.393 e. The van der Waals surface area contributed by atoms with Crippen LogP contribution in [0.15, 0.2) is 91.0 Å². The Morgan fingerprint density at radius 1 is 0.788 bits per heavy atom. The van der Waals surface area contributed by atoms with E-state index < -0.39 is 5.60 Å². The number of benzene rings is 3. The van der Waals surface area contributed by atoms with Crippen molar-refractivity contribution >= 4 is 23.5 Å². The van der Waals surface area contributed by atoms with Crippen LogP contribution in [-0.2, 0) is 10.3 Å². The van der Waals surface area contributed by atoms with Crippen molar-refractivity contribution < 1.29 is 9.84 Å². The molecule has 3 aromatic rings. The van der Waals surface area contributed by atoms with Gasteiger partial charge in [0.2, 0.25) is 0 Å². The molecular weight excluding hydrogens is 444 g/mol. The molecule has 0 bridgehead atoms. The summed E-state index contributed by atoms with van der Waals surface area (Å²) in [5, 5.41) is 10.7. The Morgan fingerprint density at radius 3 is 1.61 bits per heavy atom. The second kappa shape index (κ2) is 11.6. The van der Waals surface area contributed by atoms with Crippen LogP contribution in [-0.4, -0.2) is 33.9 Å². The van der Waals surface area contributed by atoms with Gasteiger partial charge in [-0.15, -0.1) is 23.5 Å². The van der Waals surface area contributed by atoms with Gasteiger partial charge in [-0.1, -0.05) is 97.9 Å². The number of hydrogen-bond acceptors (Lipinski definition) is 4. The first kappa shape index (κ1) is 24.4. The summed E-state index contributed by atoms with van der Waals surface area (Å²) in [4.78, 5) is 0. The molecule has 4 heteroatoms. The van der Waals surface area contributed by atoms with Gasteiger partial charge in [-0.3, -0.25) is 0 Å². The van der Waals surface area contributed by atoms with E-state index in [4.69, 9.17) is 4.74 Å². The van der Waals surface area contributed by atoms with Crippen molar-refractivity contribution in [2.24, 2.45) is 11.8 Å². The minimum absolute atomic E-state index is 0.181. The molecule has 4 rings (SSSR count). The highest BCUT2D eigenvalue weighted by molar-refractivity contribution is 8.17. The number of aliphatic hydroxyl groups excluding tert-OH is 1. The SMILES string of the molecule is C[C@@H](O)[C@@H](C1SCCCS1)[C@@H](C)COC(c1ccccc1)(c1ccccc1)c1ccccc1. The van der Waals surface area contributed by atoms with Gasteiger partial charge in [0.05, 0.1) is 17.3 Å². The van der Waals surface area contributed by atoms with E-state index in [2.05, 4.69) is 79.7 Å². The quantitative estimate of drug-likeness (QED) is 0.342. The topological polar surface area (TPSA) is 29.5 Å². The maximum Gasteiger partial charge on any atom is 0.143 e. The molecule has 2 nitrogen and oxygen atoms in total. The molecular formula is C29H34O2S2. The standard InChI is InChI=1S/C29H34O2S2/c1-22(27(23(2)30)28-32-19-12-20-33-28)21-31-29(24-13-6-3-7-14-24,25-15-8-4-9-16-25)26-17-10-5-11-18-26/h3-11,13-18,22-23,27-28,30H,12,19-21H2,1-2H3/t22-,23+,27-/m0/s1. The zero-order valence-corrected chi connectivity index (χ0v) is 21.1. The lowest BCUT2D eigenvalue weighted by Gasteiger charge is -2.40. The molecule has 0 aromatic heterocycles. The van der Waals surface area contributed by atoms with Gasteiger partial charge in [0, 0.05) is 5.92 Å². The van der Waals surface area contributed by atoms with Crippen LogP contribution < -0.4 is 0 Å². The smallest absolute Gasteiger partial charge is 0.143 e. The van der Waals surface area contributed by atoms with Crippen LogP contribution in [0.2, 0.25) is 0 Å². The third-order valence-corrected chi connectivity index (χ3v) is 9.64. The third-order valence-electron chi connectivity index (χ3n) is 6.48. The summed E-state index contributed by atoms with van der Waals surface area (Å²) in [7, 11) is 0. The molecule has 0 unspecified atom stereocenters. The summed E-state index contributed by atoms with van der Waals surface area (Å²) in [6, 6.07) is 31.6. The van der Waals surface area contributed by atoms with Crippen molar-refractivity contribution in [2.45, 2.75) is 36.6 Å². The van der Waals surface area contributed by atoms with Crippen LogP contribution in [0.4, 0.5) is 0 Å². The number of rotatable bonds is 9. The van der Waals surface area contributed by atoms with Gasteiger partial charge in [0.25, 0.3) is 0 Å². The predicted molar refractivity (Wildman–Crippen MR) is 143 cm³/mol. The van der Waals surface area contributed by atoms with Crippen LogP contribution in [0.25, 0.3) is 0 Å². The van der Waals surface area contributed by atoms with Crippen molar-refractivity contribution in [1.82, 2.24) is 0 Å². The summed E-state index contributed by atoms with van der Waals surface area (Å²) in [6.45, 7) is 4.74. The number of aliphatic hydroxyl groups is 1. The van der Waals surface area contributed by atoms with Crippen molar-refractivity contribution in [3.8, 4) is 0 Å². The second-order valence-corrected chi connectivity index (χ2v) is 11.6. The molecule has 0 aliphatic carbocycles. The Kier molecular flexibility index (Phi) is 8.59. The number of thioether (sulfide) groups is 2. The Hall–Kier alpha value is -1.72. The second-order valence-electron chi connectivity index (χ2n) is 8.85. The van der Waals surface area contributed by atoms with Crippen molar-refractivity contribution in [3.05, 3.63) is 108 Å². The van der Waals surface area contributed by atoms with Crippen molar-refractivity contribution in [2.75, 3.05) is 18.1 Å². The van der Waals surface area contributed by atoms with E-state index in [-0.39, 0.29) is 17.9 Å². The summed E-state index contributed by atoms with van der Waals surface area (Å²) in [5.74, 6) is 2.75. The van der Waals surface area contributed by atoms with Gasteiger partial charge in [0.1, 0.15) is 5.60 Å². The fourth-order valence-corrected chi connectivity index (χ4v) is 8.50. The average molecular weight is 479 g/mol. The highest BCUT2D eigenvalue weighted by Crippen LogP contribution is 2.44. The average Bonchev–Trinajstić information content (AvgIpc) is 2.87. The molecule has 1 aliphatic rings. The lowest BCUT2D eigenvalue weighted by Crippen LogP contribution is -2.39. The monoisotopic (exact) mass is 478 g/mol. The largest absolute Gasteiger partial charge is 0.393 e. The maximum atomic E-state index is 10.7. The zero-order valence-electron chi connectivity index (χ0n) is 19.5. The Labute approximate surface area is 207 Å². The summed E-state index contributed by atoms with van der Waals surface area (Å²) < 4.78 is 7.46. The zero-order chi connectivity index (χ0) is 23.1. The van der Waals surface area contributed by atoms with Crippen LogP contribution in [0.3, 0.4) is 0 Å². The Balaban J connectivity index is 1.72. The van der Waals surface area contributed by atoms with Crippen LogP contribution in [0.5, 0.6) is 0 Å². The Bertz CT molecular complexity index is 860. The lowest BCUT2D eigenvalue weighted by atomic mass is 9.79. The molecule has 1 aliphatic heterocycles. The van der Waals surface area contributed by atoms with E-state index in [1.54, 1.807) is 0 Å². The molecule has 0 spiro atoms. The summed E-state index contributed by atoms with van der Waals surface area (Å²) in [5.41, 5.74) is 2.63. The van der Waals surface area contributed by atoms with Gasteiger partial charge in [-0.25, -0.2) is 0 Å². The van der Waals surface area contributed by atoms with Gasteiger partial charge in [-0.2, -0.15) is 0 Å². The van der Waals surface area contributed by atoms with Crippen LogP contribution in [0.1, 0.15) is 37.0 Å². The molecule has 1 saturated heterocycles. The number of ether oxygens (including phenoxy) is 1. The van der Waals surface area contributed by atoms with E-state index in [0.29, 0.717) is 11.2 Å². The third kappa shape index (κ3) is 5.51. The van der Waals surface area contributed by atoms with Gasteiger partial charge in [-0.05, 0) is 47.5 Å². The molecule has 174 valence electrons. The first-order chi connectivity index (χ1) is 16.1. The van der Waals surface area contributed by atoms with E-state index in [9.17, 15) is 5.11 Å². The summed E-state index contributed by atoms with van der Waals surface area (Å²) in [6.07, 6.45) is 0.883. The van der Waals surface area contributed by atoms with Gasteiger partial charge in [0.15, 0.2) is 0 Å². The highest BCUT2D eigenvalue weighted by Gasteiger charge is 2.40. The minimum atomic E-state index is -0.714. The molecule has 1 heterocycles. The van der Waals surface area contributed by atoms with Crippen molar-refractivity contribution in [1.29, 1.82) is 0 Å². The van der Waals surface area contributed by atoms with Gasteiger partial charge < -0.3 is 9.84 Å². The Morgan fingerprint density at radius 2 is 1.21 bits per heavy atom. The van der Waals surface area contributed by atoms with E-state index in [0.717, 1.165) is 16.7 Å². The normalized spacial score (nSPS) is 17.9. The maximum absolute atomic E-state index is 10.7.